The number of nitrogen functional groups attached to an aromatic ring is 1. The van der Waals surface area contributed by atoms with Crippen molar-refractivity contribution in [2.45, 2.75) is 12.5 Å². The van der Waals surface area contributed by atoms with Crippen LogP contribution in [-0.4, -0.2) is 38.9 Å². The van der Waals surface area contributed by atoms with Gasteiger partial charge in [0.05, 0.1) is 18.8 Å². The molecule has 0 aromatic carbocycles. The standard InChI is InChI=1S/C8H14N4O2/c1-8(4-13,5-14)12-6-2-3-10-7(9)11-6/h2-3,13-14H,4-5H2,1H3,(H3,9,10,11,12). The van der Waals surface area contributed by atoms with Crippen LogP contribution in [0.1, 0.15) is 6.92 Å². The molecule has 14 heavy (non-hydrogen) atoms. The smallest absolute Gasteiger partial charge is 0.221 e. The van der Waals surface area contributed by atoms with E-state index in [1.165, 1.54) is 6.20 Å². The summed E-state index contributed by atoms with van der Waals surface area (Å²) in [6.07, 6.45) is 1.50. The molecule has 0 aliphatic heterocycles. The highest BCUT2D eigenvalue weighted by atomic mass is 16.3. The summed E-state index contributed by atoms with van der Waals surface area (Å²) in [6.45, 7) is 1.27. The fourth-order valence-corrected chi connectivity index (χ4v) is 0.882. The van der Waals surface area contributed by atoms with Gasteiger partial charge < -0.3 is 21.3 Å². The largest absolute Gasteiger partial charge is 0.394 e. The van der Waals surface area contributed by atoms with Crippen molar-refractivity contribution in [3.63, 3.8) is 0 Å². The van der Waals surface area contributed by atoms with E-state index in [4.69, 9.17) is 15.9 Å². The number of nitrogens with two attached hydrogens (primary N) is 1. The third-order valence-corrected chi connectivity index (χ3v) is 1.80. The molecule has 0 atom stereocenters. The van der Waals surface area contributed by atoms with Crippen LogP contribution in [0.2, 0.25) is 0 Å². The molecule has 5 N–H and O–H groups in total. The Labute approximate surface area is 81.8 Å². The Hall–Kier alpha value is -1.40. The van der Waals surface area contributed by atoms with E-state index in [0.29, 0.717) is 5.82 Å². The van der Waals surface area contributed by atoms with Gasteiger partial charge >= 0.3 is 0 Å². The second-order valence-corrected chi connectivity index (χ2v) is 3.30. The van der Waals surface area contributed by atoms with E-state index >= 15 is 0 Å². The predicted molar refractivity (Wildman–Crippen MR) is 52.6 cm³/mol. The van der Waals surface area contributed by atoms with Crippen LogP contribution in [0.25, 0.3) is 0 Å². The van der Waals surface area contributed by atoms with Crippen LogP contribution in [0.15, 0.2) is 12.3 Å². The molecular formula is C8H14N4O2. The fourth-order valence-electron chi connectivity index (χ4n) is 0.882. The number of aromatic nitrogens is 2. The minimum absolute atomic E-state index is 0.147. The zero-order valence-electron chi connectivity index (χ0n) is 7.94. The Morgan fingerprint density at radius 2 is 2.14 bits per heavy atom. The molecule has 1 aromatic rings. The van der Waals surface area contributed by atoms with Crippen molar-refractivity contribution >= 4 is 11.8 Å². The van der Waals surface area contributed by atoms with Crippen molar-refractivity contribution in [3.8, 4) is 0 Å². The van der Waals surface area contributed by atoms with Crippen molar-refractivity contribution in [1.29, 1.82) is 0 Å². The molecule has 0 saturated heterocycles. The third kappa shape index (κ3) is 2.54. The van der Waals surface area contributed by atoms with Gasteiger partial charge in [0.15, 0.2) is 0 Å². The average Bonchev–Trinajstić information content (AvgIpc) is 2.18. The zero-order chi connectivity index (χ0) is 10.6. The quantitative estimate of drug-likeness (QED) is 0.505. The van der Waals surface area contributed by atoms with Gasteiger partial charge in [0.2, 0.25) is 5.95 Å². The molecular weight excluding hydrogens is 184 g/mol. The van der Waals surface area contributed by atoms with E-state index in [-0.39, 0.29) is 19.2 Å². The highest BCUT2D eigenvalue weighted by molar-refractivity contribution is 5.40. The average molecular weight is 198 g/mol. The number of anilines is 2. The number of nitrogens with zero attached hydrogens (tertiary/aromatic N) is 2. The number of hydrogen-bond acceptors (Lipinski definition) is 6. The maximum absolute atomic E-state index is 9.02. The van der Waals surface area contributed by atoms with Gasteiger partial charge in [-0.05, 0) is 13.0 Å². The number of hydrogen-bond donors (Lipinski definition) is 4. The molecule has 0 amide bonds. The molecule has 0 bridgehead atoms. The lowest BCUT2D eigenvalue weighted by molar-refractivity contribution is 0.147. The van der Waals surface area contributed by atoms with Gasteiger partial charge in [-0.1, -0.05) is 0 Å². The van der Waals surface area contributed by atoms with Crippen LogP contribution in [0, 0.1) is 0 Å². The number of rotatable bonds is 4. The van der Waals surface area contributed by atoms with Gasteiger partial charge in [0.1, 0.15) is 5.82 Å². The highest BCUT2D eigenvalue weighted by Crippen LogP contribution is 2.12. The Morgan fingerprint density at radius 1 is 1.50 bits per heavy atom. The van der Waals surface area contributed by atoms with Crippen LogP contribution in [-0.2, 0) is 0 Å². The van der Waals surface area contributed by atoms with E-state index in [2.05, 4.69) is 15.3 Å². The van der Waals surface area contributed by atoms with Crippen molar-refractivity contribution in [2.75, 3.05) is 24.3 Å². The summed E-state index contributed by atoms with van der Waals surface area (Å²) in [4.78, 5) is 7.61. The van der Waals surface area contributed by atoms with Gasteiger partial charge in [0.25, 0.3) is 0 Å². The minimum Gasteiger partial charge on any atom is -0.394 e. The number of aliphatic hydroxyl groups is 2. The van der Waals surface area contributed by atoms with Crippen LogP contribution in [0.5, 0.6) is 0 Å². The SMILES string of the molecule is CC(CO)(CO)Nc1ccnc(N)n1. The van der Waals surface area contributed by atoms with Crippen molar-refractivity contribution in [3.05, 3.63) is 12.3 Å². The molecule has 0 spiro atoms. The number of aliphatic hydroxyl groups excluding tert-OH is 2. The first-order valence-electron chi connectivity index (χ1n) is 4.18. The van der Waals surface area contributed by atoms with Gasteiger partial charge in [-0.25, -0.2) is 4.98 Å². The summed E-state index contributed by atoms with van der Waals surface area (Å²) in [5.74, 6) is 0.622. The summed E-state index contributed by atoms with van der Waals surface area (Å²) in [7, 11) is 0. The van der Waals surface area contributed by atoms with Crippen LogP contribution in [0.4, 0.5) is 11.8 Å². The molecule has 0 radical (unpaired) electrons. The third-order valence-electron chi connectivity index (χ3n) is 1.80. The molecule has 78 valence electrons. The van der Waals surface area contributed by atoms with Crippen molar-refractivity contribution < 1.29 is 10.2 Å². The predicted octanol–water partition coefficient (Wildman–Crippen LogP) is -0.786. The molecule has 0 saturated carbocycles. The Bertz CT molecular complexity index is 301. The van der Waals surface area contributed by atoms with E-state index in [1.54, 1.807) is 13.0 Å². The first-order valence-corrected chi connectivity index (χ1v) is 4.18. The molecule has 1 aromatic heterocycles. The van der Waals surface area contributed by atoms with E-state index in [1.807, 2.05) is 0 Å². The second-order valence-electron chi connectivity index (χ2n) is 3.30. The fraction of sp³-hybridized carbons (Fsp3) is 0.500. The van der Waals surface area contributed by atoms with Crippen LogP contribution in [0.3, 0.4) is 0 Å². The molecule has 0 fully saturated rings. The van der Waals surface area contributed by atoms with Crippen LogP contribution < -0.4 is 11.1 Å². The molecule has 1 rings (SSSR count). The van der Waals surface area contributed by atoms with E-state index in [0.717, 1.165) is 0 Å². The summed E-state index contributed by atoms with van der Waals surface area (Å²) in [5.41, 5.74) is 4.57. The monoisotopic (exact) mass is 198 g/mol. The Balaban J connectivity index is 2.77. The zero-order valence-corrected chi connectivity index (χ0v) is 7.94. The molecule has 6 nitrogen and oxygen atoms in total. The topological polar surface area (TPSA) is 104 Å². The maximum Gasteiger partial charge on any atom is 0.221 e. The second kappa shape index (κ2) is 4.21. The molecule has 6 heteroatoms. The summed E-state index contributed by atoms with van der Waals surface area (Å²) >= 11 is 0. The van der Waals surface area contributed by atoms with Crippen LogP contribution >= 0.6 is 0 Å². The molecule has 0 aliphatic rings. The minimum atomic E-state index is -0.805. The lowest BCUT2D eigenvalue weighted by atomic mass is 10.1. The summed E-state index contributed by atoms with van der Waals surface area (Å²) in [6, 6.07) is 1.61. The maximum atomic E-state index is 9.02. The van der Waals surface area contributed by atoms with Gasteiger partial charge in [0, 0.05) is 6.20 Å². The van der Waals surface area contributed by atoms with Gasteiger partial charge in [-0.2, -0.15) is 4.98 Å². The number of nitrogens with one attached hydrogen (secondary N) is 1. The highest BCUT2D eigenvalue weighted by Gasteiger charge is 2.22. The molecule has 1 heterocycles. The lowest BCUT2D eigenvalue weighted by Gasteiger charge is -2.26. The summed E-state index contributed by atoms with van der Waals surface area (Å²) in [5, 5.41) is 20.9. The normalized spacial score (nSPS) is 11.4. The van der Waals surface area contributed by atoms with Gasteiger partial charge in [-0.15, -0.1) is 0 Å². The van der Waals surface area contributed by atoms with E-state index in [9.17, 15) is 0 Å². The summed E-state index contributed by atoms with van der Waals surface area (Å²) < 4.78 is 0. The molecule has 0 unspecified atom stereocenters. The Kier molecular flexibility index (Phi) is 3.21. The van der Waals surface area contributed by atoms with Crippen molar-refractivity contribution in [1.82, 2.24) is 9.97 Å². The molecule has 0 aliphatic carbocycles. The van der Waals surface area contributed by atoms with E-state index < -0.39 is 5.54 Å². The Morgan fingerprint density at radius 3 is 2.64 bits per heavy atom. The van der Waals surface area contributed by atoms with Gasteiger partial charge in [-0.3, -0.25) is 0 Å². The first kappa shape index (κ1) is 10.7. The lowest BCUT2D eigenvalue weighted by Crippen LogP contribution is -2.42. The first-order chi connectivity index (χ1) is 6.59. The van der Waals surface area contributed by atoms with Crippen molar-refractivity contribution in [2.24, 2.45) is 0 Å².